The summed E-state index contributed by atoms with van der Waals surface area (Å²) in [6.45, 7) is 4.28. The maximum atomic E-state index is 4.40. The van der Waals surface area contributed by atoms with Gasteiger partial charge in [-0.3, -0.25) is 0 Å². The third-order valence-electron chi connectivity index (χ3n) is 2.03. The molecule has 1 aromatic heterocycles. The number of hydrogen-bond donors (Lipinski definition) is 1. The average molecular weight is 231 g/mol. The molecule has 80 valence electrons. The Hall–Kier alpha value is -0.130. The smallest absolute Gasteiger partial charge is 0.170 e. The third kappa shape index (κ3) is 3.94. The van der Waals surface area contributed by atoms with Gasteiger partial charge in [0.2, 0.25) is 0 Å². The third-order valence-corrected chi connectivity index (χ3v) is 3.94. The van der Waals surface area contributed by atoms with Crippen molar-refractivity contribution in [2.45, 2.75) is 37.1 Å². The van der Waals surface area contributed by atoms with Gasteiger partial charge < -0.3 is 5.32 Å². The van der Waals surface area contributed by atoms with Gasteiger partial charge >= 0.3 is 0 Å². The van der Waals surface area contributed by atoms with Crippen LogP contribution in [-0.4, -0.2) is 28.2 Å². The Morgan fingerprint density at radius 3 is 2.93 bits per heavy atom. The zero-order valence-corrected chi connectivity index (χ0v) is 10.5. The number of nitrogens with one attached hydrogen (secondary N) is 1. The molecule has 5 heteroatoms. The highest BCUT2D eigenvalue weighted by atomic mass is 32.2. The van der Waals surface area contributed by atoms with E-state index < -0.39 is 0 Å². The zero-order chi connectivity index (χ0) is 10.4. The summed E-state index contributed by atoms with van der Waals surface area (Å²) in [5, 5.41) is 3.22. The molecule has 0 bridgehead atoms. The average Bonchev–Trinajstić information content (AvgIpc) is 2.65. The Bertz CT molecular complexity index is 262. The molecule has 1 atom stereocenters. The number of rotatable bonds is 6. The minimum Gasteiger partial charge on any atom is -0.317 e. The van der Waals surface area contributed by atoms with Gasteiger partial charge in [0.25, 0.3) is 0 Å². The Kier molecular flexibility index (Phi) is 5.44. The van der Waals surface area contributed by atoms with Crippen molar-refractivity contribution < 1.29 is 0 Å². The van der Waals surface area contributed by atoms with Crippen LogP contribution in [0.25, 0.3) is 0 Å². The molecule has 0 saturated heterocycles. The second kappa shape index (κ2) is 6.37. The molecule has 1 rings (SSSR count). The highest BCUT2D eigenvalue weighted by molar-refractivity contribution is 8.00. The van der Waals surface area contributed by atoms with Crippen LogP contribution in [0.15, 0.2) is 4.34 Å². The number of aryl methyl sites for hydroxylation is 1. The lowest BCUT2D eigenvalue weighted by molar-refractivity contribution is 0.598. The molecule has 0 aliphatic rings. The fourth-order valence-electron chi connectivity index (χ4n) is 0.908. The van der Waals surface area contributed by atoms with Crippen molar-refractivity contribution in [2.75, 3.05) is 12.8 Å². The van der Waals surface area contributed by atoms with Crippen LogP contribution < -0.4 is 5.32 Å². The number of hydrogen-bond acceptors (Lipinski definition) is 5. The van der Waals surface area contributed by atoms with Gasteiger partial charge in [-0.25, -0.2) is 4.98 Å². The zero-order valence-electron chi connectivity index (χ0n) is 8.91. The molecule has 14 heavy (non-hydrogen) atoms. The number of thioether (sulfide) groups is 1. The molecular weight excluding hydrogens is 214 g/mol. The molecule has 0 aromatic carbocycles. The predicted molar refractivity (Wildman–Crippen MR) is 63.1 cm³/mol. The Labute approximate surface area is 93.9 Å². The molecule has 0 aliphatic heterocycles. The van der Waals surface area contributed by atoms with Crippen molar-refractivity contribution in [3.8, 4) is 0 Å². The summed E-state index contributed by atoms with van der Waals surface area (Å²) < 4.78 is 5.35. The molecule has 0 aliphatic carbocycles. The SMILES string of the molecule is CCc1nsc(SCCC(C)NC)n1. The molecule has 1 heterocycles. The summed E-state index contributed by atoms with van der Waals surface area (Å²) in [6.07, 6.45) is 2.10. The van der Waals surface area contributed by atoms with Crippen LogP contribution in [-0.2, 0) is 6.42 Å². The van der Waals surface area contributed by atoms with E-state index in [1.165, 1.54) is 18.0 Å². The maximum absolute atomic E-state index is 4.40. The lowest BCUT2D eigenvalue weighted by atomic mass is 10.3. The van der Waals surface area contributed by atoms with Gasteiger partial charge in [0.05, 0.1) is 0 Å². The molecule has 0 spiro atoms. The summed E-state index contributed by atoms with van der Waals surface area (Å²) >= 11 is 3.32. The first-order valence-electron chi connectivity index (χ1n) is 4.89. The van der Waals surface area contributed by atoms with Crippen molar-refractivity contribution in [3.63, 3.8) is 0 Å². The monoisotopic (exact) mass is 231 g/mol. The number of aromatic nitrogens is 2. The van der Waals surface area contributed by atoms with E-state index in [-0.39, 0.29) is 0 Å². The van der Waals surface area contributed by atoms with Gasteiger partial charge in [0, 0.05) is 18.2 Å². The molecule has 3 nitrogen and oxygen atoms in total. The fraction of sp³-hybridized carbons (Fsp3) is 0.778. The molecule has 1 aromatic rings. The summed E-state index contributed by atoms with van der Waals surface area (Å²) in [7, 11) is 2.00. The second-order valence-corrected chi connectivity index (χ2v) is 5.25. The van der Waals surface area contributed by atoms with E-state index in [4.69, 9.17) is 0 Å². The lowest BCUT2D eigenvalue weighted by Gasteiger charge is -2.07. The first-order chi connectivity index (χ1) is 6.76. The molecule has 1 unspecified atom stereocenters. The van der Waals surface area contributed by atoms with Gasteiger partial charge in [-0.15, -0.1) is 0 Å². The van der Waals surface area contributed by atoms with E-state index in [0.29, 0.717) is 6.04 Å². The Morgan fingerprint density at radius 1 is 1.57 bits per heavy atom. The normalized spacial score (nSPS) is 13.1. The minimum absolute atomic E-state index is 0.584. The lowest BCUT2D eigenvalue weighted by Crippen LogP contribution is -2.21. The fourth-order valence-corrected chi connectivity index (χ4v) is 2.80. The first-order valence-corrected chi connectivity index (χ1v) is 6.64. The maximum Gasteiger partial charge on any atom is 0.170 e. The second-order valence-electron chi connectivity index (χ2n) is 3.16. The van der Waals surface area contributed by atoms with Crippen LogP contribution in [0.1, 0.15) is 26.1 Å². The number of nitrogens with zero attached hydrogens (tertiary/aromatic N) is 2. The van der Waals surface area contributed by atoms with Crippen molar-refractivity contribution in [1.82, 2.24) is 14.7 Å². The van der Waals surface area contributed by atoms with Crippen LogP contribution in [0.5, 0.6) is 0 Å². The Balaban J connectivity index is 2.24. The molecule has 0 radical (unpaired) electrons. The summed E-state index contributed by atoms with van der Waals surface area (Å²) in [4.78, 5) is 4.40. The van der Waals surface area contributed by atoms with E-state index in [1.54, 1.807) is 11.8 Å². The van der Waals surface area contributed by atoms with Crippen molar-refractivity contribution in [1.29, 1.82) is 0 Å². The van der Waals surface area contributed by atoms with E-state index >= 15 is 0 Å². The van der Waals surface area contributed by atoms with Gasteiger partial charge in [0.15, 0.2) is 4.34 Å². The van der Waals surface area contributed by atoms with E-state index in [9.17, 15) is 0 Å². The predicted octanol–water partition coefficient (Wildman–Crippen LogP) is 2.19. The van der Waals surface area contributed by atoms with Crippen molar-refractivity contribution in [3.05, 3.63) is 5.82 Å². The molecule has 0 amide bonds. The van der Waals surface area contributed by atoms with Gasteiger partial charge in [-0.05, 0) is 31.9 Å². The van der Waals surface area contributed by atoms with Gasteiger partial charge in [-0.1, -0.05) is 18.7 Å². The highest BCUT2D eigenvalue weighted by Gasteiger charge is 2.04. The highest BCUT2D eigenvalue weighted by Crippen LogP contribution is 2.21. The summed E-state index contributed by atoms with van der Waals surface area (Å²) in [6, 6.07) is 0.584. The van der Waals surface area contributed by atoms with Crippen molar-refractivity contribution in [2.24, 2.45) is 0 Å². The van der Waals surface area contributed by atoms with E-state index in [2.05, 4.69) is 28.5 Å². The molecule has 0 fully saturated rings. The standard InChI is InChI=1S/C9H17N3S2/c1-4-8-11-9(14-12-8)13-6-5-7(2)10-3/h7,10H,4-6H2,1-3H3. The largest absolute Gasteiger partial charge is 0.317 e. The minimum atomic E-state index is 0.584. The first kappa shape index (κ1) is 11.9. The summed E-state index contributed by atoms with van der Waals surface area (Å²) in [5.74, 6) is 2.08. The molecule has 1 N–H and O–H groups in total. The topological polar surface area (TPSA) is 37.8 Å². The van der Waals surface area contributed by atoms with Gasteiger partial charge in [-0.2, -0.15) is 4.37 Å². The summed E-state index contributed by atoms with van der Waals surface area (Å²) in [5.41, 5.74) is 0. The van der Waals surface area contributed by atoms with Crippen LogP contribution in [0.2, 0.25) is 0 Å². The van der Waals surface area contributed by atoms with E-state index in [0.717, 1.165) is 22.3 Å². The molecular formula is C9H17N3S2. The van der Waals surface area contributed by atoms with Crippen LogP contribution in [0, 0.1) is 0 Å². The molecule has 0 saturated carbocycles. The Morgan fingerprint density at radius 2 is 2.36 bits per heavy atom. The van der Waals surface area contributed by atoms with Crippen LogP contribution >= 0.6 is 23.3 Å². The van der Waals surface area contributed by atoms with Crippen LogP contribution in [0.4, 0.5) is 0 Å². The van der Waals surface area contributed by atoms with Crippen molar-refractivity contribution >= 4 is 23.3 Å². The van der Waals surface area contributed by atoms with Gasteiger partial charge in [0.1, 0.15) is 5.82 Å². The van der Waals surface area contributed by atoms with Crippen LogP contribution in [0.3, 0.4) is 0 Å². The quantitative estimate of drug-likeness (QED) is 0.762. The van der Waals surface area contributed by atoms with E-state index in [1.807, 2.05) is 7.05 Å².